The van der Waals surface area contributed by atoms with Gasteiger partial charge in [0.2, 0.25) is 17.7 Å². The number of ether oxygens (including phenoxy) is 1. The van der Waals surface area contributed by atoms with Crippen molar-refractivity contribution >= 4 is 0 Å². The van der Waals surface area contributed by atoms with Gasteiger partial charge in [-0.15, -0.1) is 0 Å². The van der Waals surface area contributed by atoms with Crippen LogP contribution >= 0.6 is 0 Å². The van der Waals surface area contributed by atoms with Crippen LogP contribution in [0.4, 0.5) is 4.39 Å². The fourth-order valence-electron chi connectivity index (χ4n) is 1.89. The normalized spacial score (nSPS) is 19.7. The third-order valence-electron chi connectivity index (χ3n) is 2.74. The van der Waals surface area contributed by atoms with E-state index in [-0.39, 0.29) is 42.4 Å². The van der Waals surface area contributed by atoms with Crippen molar-refractivity contribution in [2.45, 2.75) is 31.9 Å². The molecule has 1 saturated heterocycles. The van der Waals surface area contributed by atoms with Crippen LogP contribution in [0.5, 0.6) is 5.88 Å². The Morgan fingerprint density at radius 3 is 3.00 bits per heavy atom. The van der Waals surface area contributed by atoms with E-state index in [9.17, 15) is 4.39 Å². The Balaban J connectivity index is 0.00000162. The smallest absolute Gasteiger partial charge is 0.238 e. The summed E-state index contributed by atoms with van der Waals surface area (Å²) >= 11 is 0. The molecule has 5 nitrogen and oxygen atoms in total. The Hall–Kier alpha value is -1.16. The molecule has 1 radical (unpaired) electrons. The maximum Gasteiger partial charge on any atom is 0.238 e. The Kier molecular flexibility index (Phi) is 5.54. The molecular weight excluding hydrogens is 274 g/mol. The number of nitriles is 1. The third kappa shape index (κ3) is 3.67. The first-order valence-corrected chi connectivity index (χ1v) is 5.54. The number of rotatable bonds is 3. The quantitative estimate of drug-likeness (QED) is 0.840. The van der Waals surface area contributed by atoms with Crippen LogP contribution in [0.15, 0.2) is 6.07 Å². The van der Waals surface area contributed by atoms with Crippen LogP contribution in [0, 0.1) is 17.3 Å². The van der Waals surface area contributed by atoms with Gasteiger partial charge in [-0.3, -0.25) is 0 Å². The summed E-state index contributed by atoms with van der Waals surface area (Å²) in [5, 5.41) is 11.9. The Morgan fingerprint density at radius 1 is 1.61 bits per heavy atom. The first kappa shape index (κ1) is 14.9. The third-order valence-corrected chi connectivity index (χ3v) is 2.74. The summed E-state index contributed by atoms with van der Waals surface area (Å²) in [6, 6.07) is 3.03. The number of hydrogen-bond donors (Lipinski definition) is 1. The zero-order valence-corrected chi connectivity index (χ0v) is 11.3. The maximum absolute atomic E-state index is 13.0. The van der Waals surface area contributed by atoms with E-state index < -0.39 is 5.95 Å². The second kappa shape index (κ2) is 6.69. The van der Waals surface area contributed by atoms with Crippen molar-refractivity contribution < 1.29 is 27.7 Å². The zero-order chi connectivity index (χ0) is 12.3. The van der Waals surface area contributed by atoms with Crippen LogP contribution in [0.25, 0.3) is 0 Å². The van der Waals surface area contributed by atoms with Crippen molar-refractivity contribution in [1.29, 1.82) is 5.26 Å². The van der Waals surface area contributed by atoms with E-state index in [1.165, 1.54) is 0 Å². The van der Waals surface area contributed by atoms with Crippen molar-refractivity contribution in [3.8, 4) is 11.9 Å². The van der Waals surface area contributed by atoms with Gasteiger partial charge in [0.15, 0.2) is 0 Å². The minimum Gasteiger partial charge on any atom is -0.473 e. The summed E-state index contributed by atoms with van der Waals surface area (Å²) in [4.78, 5) is 7.12. The molecule has 0 aromatic carbocycles. The van der Waals surface area contributed by atoms with Crippen molar-refractivity contribution in [2.24, 2.45) is 0 Å². The van der Waals surface area contributed by atoms with Crippen molar-refractivity contribution in [3.05, 3.63) is 17.8 Å². The number of nitrogens with one attached hydrogen (secondary N) is 1. The molecule has 2 rings (SSSR count). The first-order chi connectivity index (χ1) is 8.19. The molecule has 1 N–H and O–H groups in total. The second-order valence-corrected chi connectivity index (χ2v) is 3.99. The molecule has 0 spiro atoms. The summed E-state index contributed by atoms with van der Waals surface area (Å²) in [5.74, 6) is -0.861. The van der Waals surface area contributed by atoms with Crippen molar-refractivity contribution in [1.82, 2.24) is 15.3 Å². The predicted octanol–water partition coefficient (Wildman–Crippen LogP) is 1.00. The second-order valence-electron chi connectivity index (χ2n) is 3.99. The summed E-state index contributed by atoms with van der Waals surface area (Å²) in [5.41, 5.74) is 0. The monoisotopic (exact) mass is 287 g/mol. The molecule has 7 heteroatoms. The van der Waals surface area contributed by atoms with Gasteiger partial charge in [-0.1, -0.05) is 0 Å². The SMILES string of the molecule is C[C@H](Oc1cc(F)nc(C#N)n1)[C@@H]1CCCN1.[V]. The minimum atomic E-state index is -0.752. The van der Waals surface area contributed by atoms with E-state index in [1.54, 1.807) is 6.07 Å². The molecule has 95 valence electrons. The van der Waals surface area contributed by atoms with Gasteiger partial charge in [0.05, 0.1) is 6.07 Å². The van der Waals surface area contributed by atoms with Gasteiger partial charge >= 0.3 is 0 Å². The molecule has 0 bridgehead atoms. The molecule has 1 aromatic rings. The number of nitrogens with zero attached hydrogens (tertiary/aromatic N) is 3. The van der Waals surface area contributed by atoms with Gasteiger partial charge < -0.3 is 10.1 Å². The molecule has 2 atom stereocenters. The van der Waals surface area contributed by atoms with Gasteiger partial charge in [0.25, 0.3) is 0 Å². The largest absolute Gasteiger partial charge is 0.473 e. The molecular formula is C11H13FN4OV. The molecule has 1 aromatic heterocycles. The predicted molar refractivity (Wildman–Crippen MR) is 57.8 cm³/mol. The molecule has 1 fully saturated rings. The molecule has 0 amide bonds. The Labute approximate surface area is 117 Å². The minimum absolute atomic E-state index is 0. The molecule has 18 heavy (non-hydrogen) atoms. The average Bonchev–Trinajstić information content (AvgIpc) is 2.81. The number of aromatic nitrogens is 2. The molecule has 1 aliphatic rings. The zero-order valence-electron chi connectivity index (χ0n) is 9.93. The van der Waals surface area contributed by atoms with Gasteiger partial charge in [0, 0.05) is 24.6 Å². The fraction of sp³-hybridized carbons (Fsp3) is 0.545. The van der Waals surface area contributed by atoms with Crippen molar-refractivity contribution in [2.75, 3.05) is 6.54 Å². The summed E-state index contributed by atoms with van der Waals surface area (Å²) in [6.07, 6.45) is 2.03. The number of halogens is 1. The Morgan fingerprint density at radius 2 is 2.39 bits per heavy atom. The van der Waals surface area contributed by atoms with E-state index in [4.69, 9.17) is 10.00 Å². The molecule has 0 aliphatic carbocycles. The first-order valence-electron chi connectivity index (χ1n) is 5.54. The van der Waals surface area contributed by atoms with Gasteiger partial charge in [-0.05, 0) is 26.3 Å². The van der Waals surface area contributed by atoms with Crippen LogP contribution in [0.1, 0.15) is 25.6 Å². The average molecular weight is 287 g/mol. The van der Waals surface area contributed by atoms with E-state index in [0.29, 0.717) is 0 Å². The molecule has 2 heterocycles. The summed E-state index contributed by atoms with van der Waals surface area (Å²) in [7, 11) is 0. The Bertz CT molecular complexity index is 445. The van der Waals surface area contributed by atoms with Gasteiger partial charge in [0.1, 0.15) is 12.2 Å². The van der Waals surface area contributed by atoms with Crippen LogP contribution < -0.4 is 10.1 Å². The van der Waals surface area contributed by atoms with E-state index >= 15 is 0 Å². The van der Waals surface area contributed by atoms with E-state index in [1.807, 2.05) is 6.92 Å². The van der Waals surface area contributed by atoms with Gasteiger partial charge in [-0.2, -0.15) is 19.6 Å². The summed E-state index contributed by atoms with van der Waals surface area (Å²) in [6.45, 7) is 2.87. The number of hydrogen-bond acceptors (Lipinski definition) is 5. The molecule has 0 saturated carbocycles. The van der Waals surface area contributed by atoms with E-state index in [0.717, 1.165) is 25.5 Å². The van der Waals surface area contributed by atoms with Crippen LogP contribution in [0.2, 0.25) is 0 Å². The van der Waals surface area contributed by atoms with Crippen molar-refractivity contribution in [3.63, 3.8) is 0 Å². The fourth-order valence-corrected chi connectivity index (χ4v) is 1.89. The van der Waals surface area contributed by atoms with Crippen LogP contribution in [-0.4, -0.2) is 28.7 Å². The summed E-state index contributed by atoms with van der Waals surface area (Å²) < 4.78 is 18.6. The molecule has 0 unspecified atom stereocenters. The molecule has 1 aliphatic heterocycles. The van der Waals surface area contributed by atoms with Crippen LogP contribution in [0.3, 0.4) is 0 Å². The van der Waals surface area contributed by atoms with Crippen LogP contribution in [-0.2, 0) is 18.6 Å². The van der Waals surface area contributed by atoms with Gasteiger partial charge in [-0.25, -0.2) is 0 Å². The van der Waals surface area contributed by atoms with E-state index in [2.05, 4.69) is 15.3 Å². The maximum atomic E-state index is 13.0. The standard InChI is InChI=1S/C11H13FN4O.V/c1-7(8-3-2-4-14-8)17-11-5-9(12)15-10(6-13)16-11;/h5,7-8,14H,2-4H2,1H3;/t7-,8-;/m0./s1. The topological polar surface area (TPSA) is 70.8 Å².